The van der Waals surface area contributed by atoms with Gasteiger partial charge in [0.1, 0.15) is 10.6 Å². The Labute approximate surface area is 124 Å². The Balaban J connectivity index is 1.99. The number of amides is 1. The van der Waals surface area contributed by atoms with Gasteiger partial charge in [0.25, 0.3) is 5.91 Å². The highest BCUT2D eigenvalue weighted by atomic mass is 32.2. The highest BCUT2D eigenvalue weighted by Gasteiger charge is 2.22. The number of nitrogens with zero attached hydrogens (tertiary/aromatic N) is 1. The van der Waals surface area contributed by atoms with Crippen molar-refractivity contribution in [3.8, 4) is 0 Å². The second kappa shape index (κ2) is 6.17. The number of rotatable bonds is 4. The summed E-state index contributed by atoms with van der Waals surface area (Å²) in [5.74, 6) is -0.0804. The van der Waals surface area contributed by atoms with Crippen molar-refractivity contribution in [3.63, 3.8) is 0 Å². The molecule has 8 heteroatoms. The number of aromatic nitrogens is 1. The maximum absolute atomic E-state index is 12.1. The summed E-state index contributed by atoms with van der Waals surface area (Å²) in [5.41, 5.74) is 0.246. The third kappa shape index (κ3) is 4.05. The number of nitrogens with two attached hydrogens (primary N) is 1. The van der Waals surface area contributed by atoms with E-state index in [-0.39, 0.29) is 28.5 Å². The summed E-state index contributed by atoms with van der Waals surface area (Å²) in [7, 11) is -2.22. The molecule has 0 radical (unpaired) electrons. The third-order valence-electron chi connectivity index (χ3n) is 3.85. The van der Waals surface area contributed by atoms with Gasteiger partial charge in [-0.3, -0.25) is 4.79 Å². The van der Waals surface area contributed by atoms with E-state index in [4.69, 9.17) is 5.14 Å². The van der Waals surface area contributed by atoms with E-state index < -0.39 is 10.0 Å². The lowest BCUT2D eigenvalue weighted by atomic mass is 9.87. The van der Waals surface area contributed by atoms with Gasteiger partial charge in [0.05, 0.1) is 6.10 Å². The summed E-state index contributed by atoms with van der Waals surface area (Å²) in [4.78, 5) is 12.0. The second-order valence-electron chi connectivity index (χ2n) is 5.61. The molecule has 7 nitrogen and oxygen atoms in total. The normalized spacial score (nSPS) is 23.0. The molecule has 0 saturated heterocycles. The molecule has 2 atom stereocenters. The number of carbonyl (C=O) groups excluding carboxylic acids is 1. The smallest absolute Gasteiger partial charge is 0.267 e. The van der Waals surface area contributed by atoms with Crippen molar-refractivity contribution >= 4 is 15.9 Å². The Morgan fingerprint density at radius 1 is 1.52 bits per heavy atom. The molecule has 1 saturated carbocycles. The van der Waals surface area contributed by atoms with Gasteiger partial charge in [-0.15, -0.1) is 0 Å². The van der Waals surface area contributed by atoms with Crippen LogP contribution in [0.3, 0.4) is 0 Å². The van der Waals surface area contributed by atoms with Gasteiger partial charge < -0.3 is 15.0 Å². The van der Waals surface area contributed by atoms with E-state index in [1.165, 1.54) is 16.8 Å². The van der Waals surface area contributed by atoms with Crippen LogP contribution in [-0.4, -0.2) is 36.6 Å². The number of primary sulfonamides is 1. The molecule has 0 bridgehead atoms. The Hall–Kier alpha value is -1.38. The fraction of sp³-hybridized carbons (Fsp3) is 0.615. The lowest BCUT2D eigenvalue weighted by Crippen LogP contribution is -2.33. The van der Waals surface area contributed by atoms with Crippen molar-refractivity contribution in [2.24, 2.45) is 18.1 Å². The minimum absolute atomic E-state index is 0.0803. The minimum atomic E-state index is -3.81. The lowest BCUT2D eigenvalue weighted by molar-refractivity contribution is 0.0868. The van der Waals surface area contributed by atoms with Crippen LogP contribution in [0.5, 0.6) is 0 Å². The van der Waals surface area contributed by atoms with Gasteiger partial charge in [0.15, 0.2) is 0 Å². The van der Waals surface area contributed by atoms with Crippen LogP contribution in [-0.2, 0) is 17.1 Å². The van der Waals surface area contributed by atoms with Gasteiger partial charge in [-0.1, -0.05) is 6.42 Å². The van der Waals surface area contributed by atoms with Gasteiger partial charge in [0.2, 0.25) is 10.0 Å². The number of sulfonamides is 1. The predicted molar refractivity (Wildman–Crippen MR) is 77.1 cm³/mol. The Bertz CT molecular complexity index is 623. The molecule has 1 aliphatic rings. The van der Waals surface area contributed by atoms with Crippen LogP contribution in [0.2, 0.25) is 0 Å². The lowest BCUT2D eigenvalue weighted by Gasteiger charge is -2.25. The Kier molecular flexibility index (Phi) is 4.70. The zero-order valence-corrected chi connectivity index (χ0v) is 12.8. The Morgan fingerprint density at radius 2 is 2.24 bits per heavy atom. The van der Waals surface area contributed by atoms with Crippen LogP contribution in [0.15, 0.2) is 17.2 Å². The quantitative estimate of drug-likeness (QED) is 0.723. The summed E-state index contributed by atoms with van der Waals surface area (Å²) < 4.78 is 24.0. The standard InChI is InChI=1S/C13H21N3O4S/c1-16-8-11(21(14,19)20)6-12(16)13(18)15-7-9-3-2-4-10(17)5-9/h6,8-10,17H,2-5,7H2,1H3,(H,15,18)(H2,14,19,20). The molecule has 21 heavy (non-hydrogen) atoms. The van der Waals surface area contributed by atoms with Gasteiger partial charge in [-0.2, -0.15) is 0 Å². The van der Waals surface area contributed by atoms with Gasteiger partial charge in [-0.05, 0) is 31.2 Å². The third-order valence-corrected chi connectivity index (χ3v) is 4.73. The number of aryl methyl sites for hydroxylation is 1. The number of hydrogen-bond donors (Lipinski definition) is 3. The van der Waals surface area contributed by atoms with E-state index in [0.29, 0.717) is 13.0 Å². The predicted octanol–water partition coefficient (Wildman–Crippen LogP) is -0.0466. The maximum Gasteiger partial charge on any atom is 0.267 e. The molecular formula is C13H21N3O4S. The van der Waals surface area contributed by atoms with Crippen LogP contribution in [0.25, 0.3) is 0 Å². The van der Waals surface area contributed by atoms with Crippen molar-refractivity contribution in [2.45, 2.75) is 36.7 Å². The van der Waals surface area contributed by atoms with Crippen LogP contribution in [0.1, 0.15) is 36.2 Å². The van der Waals surface area contributed by atoms with Crippen molar-refractivity contribution in [1.82, 2.24) is 9.88 Å². The molecular weight excluding hydrogens is 294 g/mol. The molecule has 2 unspecified atom stereocenters. The van der Waals surface area contributed by atoms with Crippen molar-refractivity contribution < 1.29 is 18.3 Å². The fourth-order valence-electron chi connectivity index (χ4n) is 2.69. The van der Waals surface area contributed by atoms with E-state index in [0.717, 1.165) is 19.3 Å². The van der Waals surface area contributed by atoms with Crippen LogP contribution in [0.4, 0.5) is 0 Å². The molecule has 1 amide bonds. The van der Waals surface area contributed by atoms with Crippen molar-refractivity contribution in [3.05, 3.63) is 18.0 Å². The largest absolute Gasteiger partial charge is 0.393 e. The number of aliphatic hydroxyl groups is 1. The van der Waals surface area contributed by atoms with Gasteiger partial charge >= 0.3 is 0 Å². The SMILES string of the molecule is Cn1cc(S(N)(=O)=O)cc1C(=O)NCC1CCCC(O)C1. The molecule has 1 aromatic heterocycles. The summed E-state index contributed by atoms with van der Waals surface area (Å²) >= 11 is 0. The number of aliphatic hydroxyl groups excluding tert-OH is 1. The first kappa shape index (κ1) is 16.0. The van der Waals surface area contributed by atoms with Crippen molar-refractivity contribution in [2.75, 3.05) is 6.54 Å². The highest BCUT2D eigenvalue weighted by molar-refractivity contribution is 7.89. The molecule has 1 aliphatic carbocycles. The van der Waals surface area contributed by atoms with E-state index >= 15 is 0 Å². The average molecular weight is 315 g/mol. The van der Waals surface area contributed by atoms with E-state index in [9.17, 15) is 18.3 Å². The molecule has 2 rings (SSSR count). The molecule has 0 spiro atoms. The van der Waals surface area contributed by atoms with E-state index in [1.54, 1.807) is 7.05 Å². The number of carbonyl (C=O) groups is 1. The topological polar surface area (TPSA) is 114 Å². The summed E-state index contributed by atoms with van der Waals surface area (Å²) in [5, 5.41) is 17.4. The highest BCUT2D eigenvalue weighted by Crippen LogP contribution is 2.23. The fourth-order valence-corrected chi connectivity index (χ4v) is 3.27. The number of nitrogens with one attached hydrogen (secondary N) is 1. The molecule has 118 valence electrons. The average Bonchev–Trinajstić information content (AvgIpc) is 2.78. The zero-order chi connectivity index (χ0) is 15.6. The van der Waals surface area contributed by atoms with E-state index in [1.807, 2.05) is 0 Å². The summed E-state index contributed by atoms with van der Waals surface area (Å²) in [6, 6.07) is 1.26. The molecule has 1 aromatic rings. The van der Waals surface area contributed by atoms with Gasteiger partial charge in [0, 0.05) is 19.8 Å². The first-order chi connectivity index (χ1) is 9.77. The summed E-state index contributed by atoms with van der Waals surface area (Å²) in [6.45, 7) is 0.478. The second-order valence-corrected chi connectivity index (χ2v) is 7.17. The molecule has 1 heterocycles. The van der Waals surface area contributed by atoms with Gasteiger partial charge in [-0.25, -0.2) is 13.6 Å². The first-order valence-corrected chi connectivity index (χ1v) is 8.47. The minimum Gasteiger partial charge on any atom is -0.393 e. The zero-order valence-electron chi connectivity index (χ0n) is 11.9. The summed E-state index contributed by atoms with van der Waals surface area (Å²) in [6.07, 6.45) is 4.48. The van der Waals surface area contributed by atoms with Crippen molar-refractivity contribution in [1.29, 1.82) is 0 Å². The van der Waals surface area contributed by atoms with Crippen LogP contribution >= 0.6 is 0 Å². The Morgan fingerprint density at radius 3 is 2.81 bits per heavy atom. The maximum atomic E-state index is 12.1. The van der Waals surface area contributed by atoms with Crippen LogP contribution in [0, 0.1) is 5.92 Å². The molecule has 1 fully saturated rings. The molecule has 0 aromatic carbocycles. The first-order valence-electron chi connectivity index (χ1n) is 6.93. The molecule has 4 N–H and O–H groups in total. The number of hydrogen-bond acceptors (Lipinski definition) is 4. The van der Waals surface area contributed by atoms with E-state index in [2.05, 4.69) is 5.32 Å². The monoisotopic (exact) mass is 315 g/mol. The molecule has 0 aliphatic heterocycles. The van der Waals surface area contributed by atoms with Crippen LogP contribution < -0.4 is 10.5 Å².